The Morgan fingerprint density at radius 2 is 1.64 bits per heavy atom. The summed E-state index contributed by atoms with van der Waals surface area (Å²) in [7, 11) is 0. The average molecular weight is 649 g/mol. The van der Waals surface area contributed by atoms with E-state index in [0.29, 0.717) is 5.92 Å². The van der Waals surface area contributed by atoms with Gasteiger partial charge in [-0.05, 0) is 77.5 Å². The number of benzene rings is 4. The molecule has 4 aromatic carbocycles. The third kappa shape index (κ3) is 3.73. The van der Waals surface area contributed by atoms with Crippen LogP contribution in [-0.4, -0.2) is 0 Å². The van der Waals surface area contributed by atoms with Crippen LogP contribution < -0.4 is 9.64 Å². The van der Waals surface area contributed by atoms with Crippen molar-refractivity contribution in [3.8, 4) is 5.75 Å². The Bertz CT molecular complexity index is 2580. The average Bonchev–Trinajstić information content (AvgIpc) is 3.83. The van der Waals surface area contributed by atoms with Gasteiger partial charge in [0.05, 0.1) is 5.92 Å². The lowest BCUT2D eigenvalue weighted by Crippen LogP contribution is -3.03. The van der Waals surface area contributed by atoms with Gasteiger partial charge < -0.3 is 9.15 Å². The lowest BCUT2D eigenvalue weighted by molar-refractivity contribution is -0.748. The SMILES string of the molecule is C[C@H]1C=CC(C2=C3Oc4ccccc4C3CC=C2)=CC2=C1[NH+](C1=CC=C3c4ccc5oc6ccccc6c5c4C(C)(C)C3C1)c1ccccc12. The molecule has 5 aromatic rings. The minimum atomic E-state index is -0.0542. The lowest BCUT2D eigenvalue weighted by atomic mass is 9.73. The van der Waals surface area contributed by atoms with Gasteiger partial charge in [0.15, 0.2) is 0 Å². The Labute approximate surface area is 292 Å². The van der Waals surface area contributed by atoms with E-state index >= 15 is 0 Å². The molecule has 242 valence electrons. The number of allylic oxidation sites excluding steroid dienone is 13. The molecule has 3 nitrogen and oxygen atoms in total. The van der Waals surface area contributed by atoms with Crippen LogP contribution in [0.2, 0.25) is 0 Å². The molecule has 6 aliphatic rings. The maximum atomic E-state index is 6.58. The van der Waals surface area contributed by atoms with Crippen molar-refractivity contribution in [1.29, 1.82) is 0 Å². The highest BCUT2D eigenvalue weighted by molar-refractivity contribution is 6.10. The number of quaternary nitrogens is 1. The molecule has 2 aliphatic heterocycles. The molecule has 3 unspecified atom stereocenters. The van der Waals surface area contributed by atoms with Crippen LogP contribution in [0.4, 0.5) is 5.69 Å². The Hall–Kier alpha value is -5.38. The highest BCUT2D eigenvalue weighted by Crippen LogP contribution is 2.57. The van der Waals surface area contributed by atoms with Crippen molar-refractivity contribution < 1.29 is 14.1 Å². The first-order valence-corrected chi connectivity index (χ1v) is 18.1. The zero-order valence-corrected chi connectivity index (χ0v) is 28.6. The summed E-state index contributed by atoms with van der Waals surface area (Å²) in [5.41, 5.74) is 16.8. The van der Waals surface area contributed by atoms with Crippen molar-refractivity contribution in [2.45, 2.75) is 44.9 Å². The lowest BCUT2D eigenvalue weighted by Gasteiger charge is -2.33. The van der Waals surface area contributed by atoms with Crippen LogP contribution in [0, 0.1) is 11.8 Å². The van der Waals surface area contributed by atoms with Gasteiger partial charge in [-0.2, -0.15) is 0 Å². The number of fused-ring (bicyclic) bond motifs is 12. The fourth-order valence-corrected chi connectivity index (χ4v) is 10.1. The summed E-state index contributed by atoms with van der Waals surface area (Å²) in [4.78, 5) is 1.42. The van der Waals surface area contributed by atoms with Gasteiger partial charge in [-0.3, -0.25) is 0 Å². The number of rotatable bonds is 2. The standard InChI is InChI=1S/C47H37NO2/c1-27-19-20-28(30-14-10-15-35-33-12-5-8-17-40(33)50-46(30)35)25-37-32-11-4-7-16-39(32)48(45(27)37)29-21-22-31-34-23-24-42-43(36-13-6-9-18-41(36)49-42)44(34)47(2,3)38(31)26-29/h4-14,16-25,27,35,38H,15,26H2,1-3H3/p+1/t27-,35?,38?/m0/s1. The van der Waals surface area contributed by atoms with Crippen LogP contribution in [0.1, 0.15) is 61.8 Å². The minimum absolute atomic E-state index is 0.0542. The molecule has 0 spiro atoms. The van der Waals surface area contributed by atoms with E-state index in [1.807, 2.05) is 0 Å². The number of nitrogens with one attached hydrogen (secondary N) is 1. The van der Waals surface area contributed by atoms with Crippen molar-refractivity contribution >= 4 is 38.8 Å². The van der Waals surface area contributed by atoms with E-state index in [1.165, 1.54) is 77.3 Å². The van der Waals surface area contributed by atoms with Gasteiger partial charge in [-0.25, -0.2) is 4.90 Å². The molecule has 3 heteroatoms. The second kappa shape index (κ2) is 10.1. The summed E-state index contributed by atoms with van der Waals surface area (Å²) in [5.74, 6) is 3.00. The number of hydrogen-bond acceptors (Lipinski definition) is 2. The molecule has 4 aliphatic carbocycles. The van der Waals surface area contributed by atoms with E-state index in [-0.39, 0.29) is 17.3 Å². The summed E-state index contributed by atoms with van der Waals surface area (Å²) in [6, 6.07) is 30.6. The van der Waals surface area contributed by atoms with Gasteiger partial charge in [0, 0.05) is 57.4 Å². The second-order valence-electron chi connectivity index (χ2n) is 15.4. The molecule has 0 saturated heterocycles. The molecule has 3 heterocycles. The van der Waals surface area contributed by atoms with Crippen molar-refractivity contribution in [3.05, 3.63) is 178 Å². The highest BCUT2D eigenvalue weighted by Gasteiger charge is 2.49. The third-order valence-corrected chi connectivity index (χ3v) is 12.4. The maximum absolute atomic E-state index is 6.58. The minimum Gasteiger partial charge on any atom is -0.460 e. The summed E-state index contributed by atoms with van der Waals surface area (Å²) >= 11 is 0. The van der Waals surface area contributed by atoms with Crippen molar-refractivity contribution in [1.82, 2.24) is 0 Å². The van der Waals surface area contributed by atoms with Crippen LogP contribution >= 0.6 is 0 Å². The van der Waals surface area contributed by atoms with Crippen LogP contribution in [0.25, 0.3) is 33.1 Å². The van der Waals surface area contributed by atoms with Crippen molar-refractivity contribution in [3.63, 3.8) is 0 Å². The largest absolute Gasteiger partial charge is 0.460 e. The van der Waals surface area contributed by atoms with E-state index in [9.17, 15) is 0 Å². The molecule has 0 saturated carbocycles. The molecule has 4 atom stereocenters. The van der Waals surface area contributed by atoms with Crippen molar-refractivity contribution in [2.24, 2.45) is 11.8 Å². The van der Waals surface area contributed by atoms with Gasteiger partial charge in [0.25, 0.3) is 0 Å². The predicted octanol–water partition coefficient (Wildman–Crippen LogP) is 10.6. The van der Waals surface area contributed by atoms with Crippen LogP contribution in [-0.2, 0) is 5.41 Å². The van der Waals surface area contributed by atoms with Crippen LogP contribution in [0.15, 0.2) is 160 Å². The molecule has 1 aromatic heterocycles. The molecule has 0 fully saturated rings. The Balaban J connectivity index is 1.04. The Morgan fingerprint density at radius 3 is 2.58 bits per heavy atom. The predicted molar refractivity (Wildman–Crippen MR) is 202 cm³/mol. The first kappa shape index (κ1) is 28.5. The number of furan rings is 1. The van der Waals surface area contributed by atoms with Crippen LogP contribution in [0.5, 0.6) is 5.75 Å². The van der Waals surface area contributed by atoms with Gasteiger partial charge in [0.1, 0.15) is 39.8 Å². The number of para-hydroxylation sites is 3. The third-order valence-electron chi connectivity index (χ3n) is 12.4. The number of hydrogen-bond donors (Lipinski definition) is 1. The van der Waals surface area contributed by atoms with Crippen molar-refractivity contribution in [2.75, 3.05) is 0 Å². The zero-order valence-electron chi connectivity index (χ0n) is 28.6. The molecule has 11 rings (SSSR count). The maximum Gasteiger partial charge on any atom is 0.148 e. The Morgan fingerprint density at radius 1 is 0.800 bits per heavy atom. The summed E-state index contributed by atoms with van der Waals surface area (Å²) in [5, 5.41) is 2.50. The molecule has 0 radical (unpaired) electrons. The fourth-order valence-electron chi connectivity index (χ4n) is 10.1. The topological polar surface area (TPSA) is 26.8 Å². The highest BCUT2D eigenvalue weighted by atomic mass is 16.5. The smallest absolute Gasteiger partial charge is 0.148 e. The second-order valence-corrected chi connectivity index (χ2v) is 15.4. The summed E-state index contributed by atoms with van der Waals surface area (Å²) in [6.45, 7) is 7.28. The Kier molecular flexibility index (Phi) is 5.74. The van der Waals surface area contributed by atoms with E-state index in [1.54, 1.807) is 0 Å². The van der Waals surface area contributed by atoms with E-state index < -0.39 is 0 Å². The molecular weight excluding hydrogens is 611 g/mol. The van der Waals surface area contributed by atoms with E-state index in [2.05, 4.69) is 148 Å². The molecular formula is C47H38NO2+. The summed E-state index contributed by atoms with van der Waals surface area (Å²) < 4.78 is 13.0. The summed E-state index contributed by atoms with van der Waals surface area (Å²) in [6.07, 6.45) is 18.7. The molecule has 50 heavy (non-hydrogen) atoms. The number of ether oxygens (including phenoxy) is 1. The quantitative estimate of drug-likeness (QED) is 0.206. The molecule has 0 bridgehead atoms. The normalized spacial score (nSPS) is 25.3. The molecule has 0 amide bonds. The van der Waals surface area contributed by atoms with Crippen LogP contribution in [0.3, 0.4) is 0 Å². The van der Waals surface area contributed by atoms with Gasteiger partial charge in [-0.1, -0.05) is 98.8 Å². The first-order chi connectivity index (χ1) is 24.5. The monoisotopic (exact) mass is 648 g/mol. The van der Waals surface area contributed by atoms with E-state index in [4.69, 9.17) is 9.15 Å². The van der Waals surface area contributed by atoms with Gasteiger partial charge in [0.2, 0.25) is 0 Å². The molecule has 1 N–H and O–H groups in total. The first-order valence-electron chi connectivity index (χ1n) is 18.1. The zero-order chi connectivity index (χ0) is 33.3. The fraction of sp³-hybridized carbons (Fsp3) is 0.191. The van der Waals surface area contributed by atoms with Gasteiger partial charge >= 0.3 is 0 Å². The van der Waals surface area contributed by atoms with E-state index in [0.717, 1.165) is 35.5 Å². The van der Waals surface area contributed by atoms with Gasteiger partial charge in [-0.15, -0.1) is 0 Å².